The summed E-state index contributed by atoms with van der Waals surface area (Å²) >= 11 is 1.88. The molecule has 98 valence electrons. The van der Waals surface area contributed by atoms with E-state index in [0.29, 0.717) is 11.2 Å². The van der Waals surface area contributed by atoms with Gasteiger partial charge >= 0.3 is 0 Å². The lowest BCUT2D eigenvalue weighted by atomic mass is 9.98. The Kier molecular flexibility index (Phi) is 4.03. The van der Waals surface area contributed by atoms with Crippen LogP contribution in [-0.2, 0) is 4.79 Å². The third-order valence-electron chi connectivity index (χ3n) is 4.26. The molecule has 0 radical (unpaired) electrons. The van der Waals surface area contributed by atoms with E-state index >= 15 is 0 Å². The molecule has 1 N–H and O–H groups in total. The van der Waals surface area contributed by atoms with Crippen molar-refractivity contribution in [3.05, 3.63) is 0 Å². The Morgan fingerprint density at radius 2 is 2.18 bits per heavy atom. The fourth-order valence-corrected chi connectivity index (χ4v) is 3.40. The topological polar surface area (TPSA) is 32.3 Å². The number of nitrogens with one attached hydrogen (secondary N) is 1. The zero-order valence-electron chi connectivity index (χ0n) is 11.2. The Bertz CT molecular complexity index is 289. The first-order chi connectivity index (χ1) is 8.09. The lowest BCUT2D eigenvalue weighted by molar-refractivity contribution is -0.133. The molecule has 1 aliphatic carbocycles. The van der Waals surface area contributed by atoms with Gasteiger partial charge in [-0.3, -0.25) is 10.1 Å². The Morgan fingerprint density at radius 1 is 1.53 bits per heavy atom. The van der Waals surface area contributed by atoms with Crippen LogP contribution in [0.2, 0.25) is 0 Å². The summed E-state index contributed by atoms with van der Waals surface area (Å²) in [5.41, 5.74) is -0.192. The van der Waals surface area contributed by atoms with Gasteiger partial charge in [0, 0.05) is 11.8 Å². The van der Waals surface area contributed by atoms with Crippen molar-refractivity contribution in [2.24, 2.45) is 0 Å². The summed E-state index contributed by atoms with van der Waals surface area (Å²) in [5.74, 6) is 0.357. The predicted octanol–water partition coefficient (Wildman–Crippen LogP) is 2.22. The average molecular weight is 256 g/mol. The van der Waals surface area contributed by atoms with Crippen molar-refractivity contribution in [2.45, 2.75) is 62.9 Å². The number of rotatable bonds is 4. The molecule has 4 heteroatoms. The molecule has 1 saturated carbocycles. The van der Waals surface area contributed by atoms with Gasteiger partial charge < -0.3 is 4.90 Å². The Balaban J connectivity index is 1.96. The van der Waals surface area contributed by atoms with Crippen LogP contribution in [0.3, 0.4) is 0 Å². The molecule has 2 aliphatic rings. The van der Waals surface area contributed by atoms with Gasteiger partial charge in [-0.05, 0) is 32.4 Å². The smallest absolute Gasteiger partial charge is 0.244 e. The summed E-state index contributed by atoms with van der Waals surface area (Å²) in [6.07, 6.45) is 7.90. The molecule has 1 aliphatic heterocycles. The first kappa shape index (κ1) is 13.2. The summed E-state index contributed by atoms with van der Waals surface area (Å²) in [4.78, 5) is 14.6. The SMILES string of the molecule is CSC(C)CCN1C(=O)C2(CCCC2)NC1C. The maximum atomic E-state index is 12.5. The average Bonchev–Trinajstić information content (AvgIpc) is 2.86. The van der Waals surface area contributed by atoms with Gasteiger partial charge in [0.1, 0.15) is 0 Å². The Hall–Kier alpha value is -0.220. The summed E-state index contributed by atoms with van der Waals surface area (Å²) in [6.45, 7) is 5.25. The molecule has 1 spiro atoms. The van der Waals surface area contributed by atoms with Crippen molar-refractivity contribution in [3.63, 3.8) is 0 Å². The van der Waals surface area contributed by atoms with Crippen LogP contribution in [0.25, 0.3) is 0 Å². The van der Waals surface area contributed by atoms with E-state index in [4.69, 9.17) is 0 Å². The molecular weight excluding hydrogens is 232 g/mol. The molecule has 0 aromatic heterocycles. The highest BCUT2D eigenvalue weighted by atomic mass is 32.2. The Labute approximate surface area is 109 Å². The first-order valence-corrected chi connectivity index (χ1v) is 7.99. The van der Waals surface area contributed by atoms with Crippen LogP contribution in [0.1, 0.15) is 46.0 Å². The molecule has 2 rings (SSSR count). The first-order valence-electron chi connectivity index (χ1n) is 6.70. The van der Waals surface area contributed by atoms with Crippen LogP contribution >= 0.6 is 11.8 Å². The van der Waals surface area contributed by atoms with E-state index < -0.39 is 0 Å². The van der Waals surface area contributed by atoms with Gasteiger partial charge in [-0.25, -0.2) is 0 Å². The molecule has 0 bridgehead atoms. The van der Waals surface area contributed by atoms with Crippen molar-refractivity contribution in [1.82, 2.24) is 10.2 Å². The molecular formula is C13H24N2OS. The molecule has 0 aromatic rings. The third-order valence-corrected chi connectivity index (χ3v) is 5.30. The van der Waals surface area contributed by atoms with E-state index in [1.54, 1.807) is 0 Å². The van der Waals surface area contributed by atoms with E-state index in [1.807, 2.05) is 11.8 Å². The van der Waals surface area contributed by atoms with Crippen LogP contribution in [0.4, 0.5) is 0 Å². The van der Waals surface area contributed by atoms with E-state index in [2.05, 4.69) is 30.3 Å². The number of carbonyl (C=O) groups is 1. The second kappa shape index (κ2) is 5.19. The fourth-order valence-electron chi connectivity index (χ4n) is 3.06. The molecule has 17 heavy (non-hydrogen) atoms. The molecule has 2 unspecified atom stereocenters. The van der Waals surface area contributed by atoms with E-state index in [9.17, 15) is 4.79 Å². The molecule has 0 aromatic carbocycles. The molecule has 1 amide bonds. The summed E-state index contributed by atoms with van der Waals surface area (Å²) in [5, 5.41) is 4.17. The van der Waals surface area contributed by atoms with Crippen molar-refractivity contribution < 1.29 is 4.79 Å². The van der Waals surface area contributed by atoms with Crippen LogP contribution in [-0.4, -0.2) is 40.6 Å². The van der Waals surface area contributed by atoms with Gasteiger partial charge in [-0.1, -0.05) is 19.8 Å². The maximum Gasteiger partial charge on any atom is 0.244 e. The molecule has 3 nitrogen and oxygen atoms in total. The number of hydrogen-bond acceptors (Lipinski definition) is 3. The highest BCUT2D eigenvalue weighted by molar-refractivity contribution is 7.99. The highest BCUT2D eigenvalue weighted by Crippen LogP contribution is 2.36. The van der Waals surface area contributed by atoms with Gasteiger partial charge in [0.25, 0.3) is 0 Å². The second-order valence-electron chi connectivity index (χ2n) is 5.44. The zero-order valence-corrected chi connectivity index (χ0v) is 12.0. The number of carbonyl (C=O) groups excluding carboxylic acids is 1. The normalized spacial score (nSPS) is 29.2. The maximum absolute atomic E-state index is 12.5. The van der Waals surface area contributed by atoms with Gasteiger partial charge in [-0.2, -0.15) is 11.8 Å². The molecule has 1 heterocycles. The number of thioether (sulfide) groups is 1. The molecule has 2 atom stereocenters. The predicted molar refractivity (Wildman–Crippen MR) is 73.1 cm³/mol. The van der Waals surface area contributed by atoms with E-state index in [0.717, 1.165) is 25.8 Å². The quantitative estimate of drug-likeness (QED) is 0.837. The van der Waals surface area contributed by atoms with Crippen molar-refractivity contribution in [2.75, 3.05) is 12.8 Å². The minimum absolute atomic E-state index is 0.192. The third kappa shape index (κ3) is 2.48. The second-order valence-corrected chi connectivity index (χ2v) is 6.72. The fraction of sp³-hybridized carbons (Fsp3) is 0.923. The van der Waals surface area contributed by atoms with Gasteiger partial charge in [0.15, 0.2) is 0 Å². The zero-order chi connectivity index (χ0) is 12.5. The minimum Gasteiger partial charge on any atom is -0.326 e. The van der Waals surface area contributed by atoms with Crippen LogP contribution in [0, 0.1) is 0 Å². The molecule has 1 saturated heterocycles. The van der Waals surface area contributed by atoms with Crippen LogP contribution < -0.4 is 5.32 Å². The van der Waals surface area contributed by atoms with Crippen LogP contribution in [0.5, 0.6) is 0 Å². The summed E-state index contributed by atoms with van der Waals surface area (Å²) in [7, 11) is 0. The van der Waals surface area contributed by atoms with Crippen LogP contribution in [0.15, 0.2) is 0 Å². The van der Waals surface area contributed by atoms with E-state index in [-0.39, 0.29) is 11.7 Å². The summed E-state index contributed by atoms with van der Waals surface area (Å²) < 4.78 is 0. The largest absolute Gasteiger partial charge is 0.326 e. The van der Waals surface area contributed by atoms with Crippen molar-refractivity contribution in [3.8, 4) is 0 Å². The Morgan fingerprint density at radius 3 is 2.76 bits per heavy atom. The minimum atomic E-state index is -0.192. The lowest BCUT2D eigenvalue weighted by Crippen LogP contribution is -2.44. The number of nitrogens with zero attached hydrogens (tertiary/aromatic N) is 1. The monoisotopic (exact) mass is 256 g/mol. The molecule has 2 fully saturated rings. The number of hydrogen-bond donors (Lipinski definition) is 1. The van der Waals surface area contributed by atoms with Crippen molar-refractivity contribution in [1.29, 1.82) is 0 Å². The van der Waals surface area contributed by atoms with Gasteiger partial charge in [0.2, 0.25) is 5.91 Å². The standard InChI is InChI=1S/C13H24N2OS/c1-10(17-3)6-9-15-11(2)14-13(12(15)16)7-4-5-8-13/h10-11,14H,4-9H2,1-3H3. The summed E-state index contributed by atoms with van der Waals surface area (Å²) in [6, 6.07) is 0. The van der Waals surface area contributed by atoms with Crippen molar-refractivity contribution >= 4 is 17.7 Å². The number of amides is 1. The lowest BCUT2D eigenvalue weighted by Gasteiger charge is -2.23. The van der Waals surface area contributed by atoms with Gasteiger partial charge in [0.05, 0.1) is 11.7 Å². The van der Waals surface area contributed by atoms with Gasteiger partial charge in [-0.15, -0.1) is 0 Å². The van der Waals surface area contributed by atoms with E-state index in [1.165, 1.54) is 12.8 Å². The highest BCUT2D eigenvalue weighted by Gasteiger charge is 2.50.